The predicted molar refractivity (Wildman–Crippen MR) is 63.4 cm³/mol. The Morgan fingerprint density at radius 1 is 1.35 bits per heavy atom. The van der Waals surface area contributed by atoms with E-state index in [-0.39, 0.29) is 0 Å². The Morgan fingerprint density at radius 3 is 2.88 bits per heavy atom. The molecule has 0 spiro atoms. The molecule has 1 aliphatic rings. The molecule has 1 saturated heterocycles. The van der Waals surface area contributed by atoms with Crippen molar-refractivity contribution < 1.29 is 14.6 Å². The Balaban J connectivity index is 1.69. The third-order valence-electron chi connectivity index (χ3n) is 2.85. The molecule has 1 aromatic carbocycles. The monoisotopic (exact) mass is 235 g/mol. The molecule has 92 valence electrons. The molecule has 4 heteroatoms. The minimum atomic E-state index is -0.436. The third-order valence-corrected chi connectivity index (χ3v) is 2.85. The summed E-state index contributed by atoms with van der Waals surface area (Å²) in [6.45, 7) is 2.47. The van der Waals surface area contributed by atoms with E-state index in [4.69, 9.17) is 9.78 Å². The van der Waals surface area contributed by atoms with Crippen LogP contribution in [0.25, 0.3) is 0 Å². The minimum Gasteiger partial charge on any atom is -0.316 e. The summed E-state index contributed by atoms with van der Waals surface area (Å²) >= 11 is 0. The number of nitrogens with one attached hydrogen (secondary N) is 1. The summed E-state index contributed by atoms with van der Waals surface area (Å²) in [6, 6.07) is 8.84. The molecule has 17 heavy (non-hydrogen) atoms. The smallest absolute Gasteiger partial charge is 0.316 e. The van der Waals surface area contributed by atoms with Crippen molar-refractivity contribution in [1.82, 2.24) is 5.32 Å². The second kappa shape index (κ2) is 6.37. The van der Waals surface area contributed by atoms with Gasteiger partial charge in [0.1, 0.15) is 0 Å². The van der Waals surface area contributed by atoms with Crippen LogP contribution in [0.2, 0.25) is 0 Å². The van der Waals surface area contributed by atoms with E-state index in [0.717, 1.165) is 25.9 Å². The van der Waals surface area contributed by atoms with Gasteiger partial charge in [-0.25, -0.2) is 4.79 Å². The van der Waals surface area contributed by atoms with Crippen LogP contribution >= 0.6 is 0 Å². The van der Waals surface area contributed by atoms with Crippen molar-refractivity contribution in [2.45, 2.75) is 12.8 Å². The van der Waals surface area contributed by atoms with Crippen LogP contribution in [-0.2, 0) is 9.78 Å². The van der Waals surface area contributed by atoms with Gasteiger partial charge in [-0.2, -0.15) is 4.89 Å². The Labute approximate surface area is 101 Å². The van der Waals surface area contributed by atoms with Gasteiger partial charge in [-0.05, 0) is 37.4 Å². The molecule has 0 aliphatic carbocycles. The summed E-state index contributed by atoms with van der Waals surface area (Å²) in [5.74, 6) is 0.00157. The highest BCUT2D eigenvalue weighted by molar-refractivity contribution is 5.88. The van der Waals surface area contributed by atoms with Crippen LogP contribution in [0.1, 0.15) is 23.2 Å². The lowest BCUT2D eigenvalue weighted by atomic mass is 10.0. The highest BCUT2D eigenvalue weighted by Gasteiger charge is 2.15. The summed E-state index contributed by atoms with van der Waals surface area (Å²) in [5, 5.41) is 3.28. The molecule has 1 atom stereocenters. The van der Waals surface area contributed by atoms with Crippen LogP contribution in [0.5, 0.6) is 0 Å². The number of carbonyl (C=O) groups excluding carboxylic acids is 1. The van der Waals surface area contributed by atoms with Gasteiger partial charge in [0.05, 0.1) is 12.2 Å². The van der Waals surface area contributed by atoms with Gasteiger partial charge in [-0.3, -0.25) is 4.89 Å². The van der Waals surface area contributed by atoms with Crippen LogP contribution in [-0.4, -0.2) is 25.7 Å². The van der Waals surface area contributed by atoms with Crippen molar-refractivity contribution in [1.29, 1.82) is 0 Å². The van der Waals surface area contributed by atoms with Crippen molar-refractivity contribution in [2.24, 2.45) is 5.92 Å². The Morgan fingerprint density at radius 2 is 2.18 bits per heavy atom. The number of benzene rings is 1. The number of piperidine rings is 1. The van der Waals surface area contributed by atoms with E-state index in [1.54, 1.807) is 24.3 Å². The molecule has 0 aromatic heterocycles. The zero-order valence-electron chi connectivity index (χ0n) is 9.72. The molecule has 1 fully saturated rings. The van der Waals surface area contributed by atoms with Gasteiger partial charge in [-0.15, -0.1) is 0 Å². The molecule has 0 bridgehead atoms. The Hall–Kier alpha value is -1.39. The summed E-state index contributed by atoms with van der Waals surface area (Å²) in [7, 11) is 0. The van der Waals surface area contributed by atoms with Gasteiger partial charge in [0.25, 0.3) is 0 Å². The maximum atomic E-state index is 11.5. The molecule has 0 saturated carbocycles. The summed E-state index contributed by atoms with van der Waals surface area (Å²) in [6.07, 6.45) is 2.27. The first-order valence-electron chi connectivity index (χ1n) is 5.96. The molecule has 4 nitrogen and oxygen atoms in total. The zero-order valence-corrected chi connectivity index (χ0v) is 9.72. The van der Waals surface area contributed by atoms with E-state index in [1.807, 2.05) is 6.07 Å². The van der Waals surface area contributed by atoms with Gasteiger partial charge in [0.15, 0.2) is 0 Å². The lowest BCUT2D eigenvalue weighted by molar-refractivity contribution is -0.249. The number of carbonyl (C=O) groups is 1. The zero-order chi connectivity index (χ0) is 11.9. The van der Waals surface area contributed by atoms with Crippen LogP contribution in [0.4, 0.5) is 0 Å². The fraction of sp³-hybridized carbons (Fsp3) is 0.462. The van der Waals surface area contributed by atoms with Gasteiger partial charge in [0, 0.05) is 6.54 Å². The minimum absolute atomic E-state index is 0.436. The van der Waals surface area contributed by atoms with Gasteiger partial charge >= 0.3 is 5.97 Å². The fourth-order valence-electron chi connectivity index (χ4n) is 1.87. The van der Waals surface area contributed by atoms with E-state index in [0.29, 0.717) is 18.1 Å². The second-order valence-electron chi connectivity index (χ2n) is 4.23. The third kappa shape index (κ3) is 3.84. The number of hydrogen-bond acceptors (Lipinski definition) is 4. The fourth-order valence-corrected chi connectivity index (χ4v) is 1.87. The van der Waals surface area contributed by atoms with Crippen LogP contribution in [0, 0.1) is 5.92 Å². The van der Waals surface area contributed by atoms with Gasteiger partial charge in [0.2, 0.25) is 0 Å². The average Bonchev–Trinajstić information content (AvgIpc) is 2.41. The first kappa shape index (κ1) is 12.1. The SMILES string of the molecule is O=C(OOCC1CCCNC1)c1ccccc1. The molecule has 1 aliphatic heterocycles. The number of rotatable bonds is 4. The van der Waals surface area contributed by atoms with E-state index < -0.39 is 5.97 Å². The maximum absolute atomic E-state index is 11.5. The topological polar surface area (TPSA) is 47.6 Å². The van der Waals surface area contributed by atoms with E-state index in [9.17, 15) is 4.79 Å². The quantitative estimate of drug-likeness (QED) is 0.638. The lowest BCUT2D eigenvalue weighted by Crippen LogP contribution is -2.32. The van der Waals surface area contributed by atoms with Crippen LogP contribution < -0.4 is 5.32 Å². The van der Waals surface area contributed by atoms with E-state index in [1.165, 1.54) is 0 Å². The molecule has 1 N–H and O–H groups in total. The van der Waals surface area contributed by atoms with Crippen LogP contribution in [0.3, 0.4) is 0 Å². The summed E-state index contributed by atoms with van der Waals surface area (Å²) < 4.78 is 0. The van der Waals surface area contributed by atoms with Crippen molar-refractivity contribution in [2.75, 3.05) is 19.7 Å². The van der Waals surface area contributed by atoms with Crippen LogP contribution in [0.15, 0.2) is 30.3 Å². The molecule has 1 aromatic rings. The largest absolute Gasteiger partial charge is 0.373 e. The number of hydrogen-bond donors (Lipinski definition) is 1. The summed E-state index contributed by atoms with van der Waals surface area (Å²) in [5.41, 5.74) is 0.509. The first-order valence-corrected chi connectivity index (χ1v) is 5.96. The van der Waals surface area contributed by atoms with E-state index in [2.05, 4.69) is 5.32 Å². The van der Waals surface area contributed by atoms with Crippen molar-refractivity contribution >= 4 is 5.97 Å². The second-order valence-corrected chi connectivity index (χ2v) is 4.23. The van der Waals surface area contributed by atoms with Crippen molar-refractivity contribution in [3.8, 4) is 0 Å². The highest BCUT2D eigenvalue weighted by atomic mass is 17.2. The van der Waals surface area contributed by atoms with Crippen molar-refractivity contribution in [3.05, 3.63) is 35.9 Å². The molecule has 0 amide bonds. The normalized spacial score (nSPS) is 19.9. The van der Waals surface area contributed by atoms with Gasteiger partial charge in [-0.1, -0.05) is 18.2 Å². The van der Waals surface area contributed by atoms with Crippen molar-refractivity contribution in [3.63, 3.8) is 0 Å². The molecular formula is C13H17NO3. The Bertz CT molecular complexity index is 347. The maximum Gasteiger partial charge on any atom is 0.373 e. The van der Waals surface area contributed by atoms with Gasteiger partial charge < -0.3 is 5.32 Å². The molecule has 1 heterocycles. The molecule has 0 radical (unpaired) electrons. The first-order chi connectivity index (χ1) is 8.36. The average molecular weight is 235 g/mol. The molecular weight excluding hydrogens is 218 g/mol. The lowest BCUT2D eigenvalue weighted by Gasteiger charge is -2.21. The molecule has 1 unspecified atom stereocenters. The highest BCUT2D eigenvalue weighted by Crippen LogP contribution is 2.10. The standard InChI is InChI=1S/C13H17NO3/c15-13(12-6-2-1-3-7-12)17-16-10-11-5-4-8-14-9-11/h1-3,6-7,11,14H,4-5,8-10H2. The predicted octanol–water partition coefficient (Wildman–Crippen LogP) is 1.77. The molecule has 2 rings (SSSR count). The Kier molecular flexibility index (Phi) is 4.53. The van der Waals surface area contributed by atoms with E-state index >= 15 is 0 Å². The summed E-state index contributed by atoms with van der Waals surface area (Å²) in [4.78, 5) is 21.3.